The van der Waals surface area contributed by atoms with Crippen molar-refractivity contribution < 1.29 is 55.5 Å². The van der Waals surface area contributed by atoms with Gasteiger partial charge in [0, 0.05) is 0 Å². The number of carbonyl (C=O) groups excluding carboxylic acids is 1. The van der Waals surface area contributed by atoms with Crippen LogP contribution in [0.4, 0.5) is 0 Å². The van der Waals surface area contributed by atoms with Crippen LogP contribution in [0.1, 0.15) is 22.1 Å². The number of phenols is 1. The zero-order valence-electron chi connectivity index (χ0n) is 11.7. The van der Waals surface area contributed by atoms with E-state index in [1.54, 1.807) is 18.2 Å². The molecule has 0 saturated carbocycles. The number of carbonyl (C=O) groups is 2. The molecular weight excluding hydrogens is 271 g/mol. The third-order valence-electron chi connectivity index (χ3n) is 2.44. The van der Waals surface area contributed by atoms with Crippen molar-refractivity contribution in [1.82, 2.24) is 0 Å². The van der Waals surface area contributed by atoms with Gasteiger partial charge in [-0.15, -0.1) is 0 Å². The number of ether oxygens (including phenoxy) is 1. The minimum atomic E-state index is -1.19. The number of esters is 1. The molecule has 0 aliphatic carbocycles. The summed E-state index contributed by atoms with van der Waals surface area (Å²) in [6, 6.07) is 11.7. The molecule has 0 fully saturated rings. The summed E-state index contributed by atoms with van der Waals surface area (Å²) in [5.41, 5.74) is -0.144. The number of phenolic OH excluding ortho intramolecular Hbond substituents is 1. The van der Waals surface area contributed by atoms with Gasteiger partial charge in [0.1, 0.15) is 22.6 Å². The largest absolute Gasteiger partial charge is 1.00 e. The average Bonchev–Trinajstić information content (AvgIpc) is 2.39. The van der Waals surface area contributed by atoms with Crippen LogP contribution in [0.25, 0.3) is 0 Å². The van der Waals surface area contributed by atoms with Crippen LogP contribution < -0.4 is 34.3 Å². The first-order chi connectivity index (χ1) is 9.09. The molecular formula is C14H11NaO5. The summed E-state index contributed by atoms with van der Waals surface area (Å²) in [5, 5.41) is 18.5. The molecule has 0 unspecified atom stereocenters. The van der Waals surface area contributed by atoms with E-state index in [0.717, 1.165) is 0 Å². The maximum absolute atomic E-state index is 11.8. The number of hydrogen-bond donors (Lipinski definition) is 2. The quantitative estimate of drug-likeness (QED) is 0.447. The summed E-state index contributed by atoms with van der Waals surface area (Å²) in [4.78, 5) is 22.8. The van der Waals surface area contributed by atoms with Crippen LogP contribution >= 0.6 is 0 Å². The molecule has 2 N–H and O–H groups in total. The Morgan fingerprint density at radius 2 is 1.50 bits per heavy atom. The summed E-state index contributed by atoms with van der Waals surface area (Å²) in [7, 11) is 0. The smallest absolute Gasteiger partial charge is 1.00 e. The summed E-state index contributed by atoms with van der Waals surface area (Å²) < 4.78 is 4.99. The number of hydrogen-bond acceptors (Lipinski definition) is 4. The molecule has 0 radical (unpaired) electrons. The first-order valence-corrected chi connectivity index (χ1v) is 5.42. The van der Waals surface area contributed by atoms with E-state index in [0.29, 0.717) is 0 Å². The van der Waals surface area contributed by atoms with Crippen LogP contribution in [0.15, 0.2) is 48.5 Å². The van der Waals surface area contributed by atoms with Crippen LogP contribution in [0.5, 0.6) is 11.5 Å². The molecule has 0 heterocycles. The second-order valence-electron chi connectivity index (χ2n) is 3.71. The molecule has 0 amide bonds. The maximum atomic E-state index is 11.8. The minimum Gasteiger partial charge on any atom is -1.00 e. The molecule has 2 aromatic rings. The Balaban J connectivity index is 0.00000200. The van der Waals surface area contributed by atoms with Gasteiger partial charge >= 0.3 is 41.5 Å². The number of carboxylic acid groups (broad SMARTS) is 1. The molecule has 98 valence electrons. The van der Waals surface area contributed by atoms with Crippen LogP contribution in [-0.4, -0.2) is 22.2 Å². The Bertz CT molecular complexity index is 645. The molecule has 0 aromatic heterocycles. The van der Waals surface area contributed by atoms with Gasteiger partial charge in [0.25, 0.3) is 0 Å². The summed E-state index contributed by atoms with van der Waals surface area (Å²) in [5.74, 6) is -2.30. The van der Waals surface area contributed by atoms with Crippen LogP contribution in [0.3, 0.4) is 0 Å². The van der Waals surface area contributed by atoms with Gasteiger partial charge in [-0.25, -0.2) is 9.59 Å². The summed E-state index contributed by atoms with van der Waals surface area (Å²) in [6.45, 7) is 0. The predicted octanol–water partition coefficient (Wildman–Crippen LogP) is -0.574. The third kappa shape index (κ3) is 3.60. The fraction of sp³-hybridized carbons (Fsp3) is 0. The van der Waals surface area contributed by atoms with Gasteiger partial charge in [0.05, 0.1) is 0 Å². The molecule has 0 aliphatic heterocycles. The van der Waals surface area contributed by atoms with Gasteiger partial charge < -0.3 is 16.4 Å². The first kappa shape index (κ1) is 16.2. The number of rotatable bonds is 3. The minimum absolute atomic E-state index is 0. The van der Waals surface area contributed by atoms with Gasteiger partial charge in [0.2, 0.25) is 0 Å². The van der Waals surface area contributed by atoms with Crippen molar-refractivity contribution in [2.24, 2.45) is 0 Å². The fourth-order valence-corrected chi connectivity index (χ4v) is 1.53. The maximum Gasteiger partial charge on any atom is 1.00 e. The number of benzene rings is 2. The van der Waals surface area contributed by atoms with E-state index in [9.17, 15) is 14.7 Å². The van der Waals surface area contributed by atoms with E-state index >= 15 is 0 Å². The molecule has 0 atom stereocenters. The zero-order valence-corrected chi connectivity index (χ0v) is 12.7. The first-order valence-electron chi connectivity index (χ1n) is 5.42. The van der Waals surface area contributed by atoms with E-state index < -0.39 is 11.9 Å². The normalized spacial score (nSPS) is 9.40. The van der Waals surface area contributed by atoms with Crippen LogP contribution in [0, 0.1) is 0 Å². The molecule has 20 heavy (non-hydrogen) atoms. The third-order valence-corrected chi connectivity index (χ3v) is 2.44. The Morgan fingerprint density at radius 1 is 0.950 bits per heavy atom. The topological polar surface area (TPSA) is 83.8 Å². The van der Waals surface area contributed by atoms with E-state index in [-0.39, 0.29) is 53.6 Å². The van der Waals surface area contributed by atoms with Crippen molar-refractivity contribution >= 4 is 11.9 Å². The number of aromatic hydroxyl groups is 1. The molecule has 0 saturated heterocycles. The van der Waals surface area contributed by atoms with E-state index in [4.69, 9.17) is 9.84 Å². The number of para-hydroxylation sites is 2. The Kier molecular flexibility index (Phi) is 5.76. The van der Waals surface area contributed by atoms with Gasteiger partial charge in [-0.3, -0.25) is 0 Å². The summed E-state index contributed by atoms with van der Waals surface area (Å²) >= 11 is 0. The standard InChI is InChI=1S/C14H10O5.Na.H/c15-11-7-3-1-5-9(11)14(18)19-12-8-4-2-6-10(12)13(16)17;;/h1-8,15H,(H,16,17);;/q;+1;-1. The average molecular weight is 282 g/mol. The fourth-order valence-electron chi connectivity index (χ4n) is 1.53. The van der Waals surface area contributed by atoms with Crippen molar-refractivity contribution in [2.75, 3.05) is 0 Å². The molecule has 0 spiro atoms. The van der Waals surface area contributed by atoms with Crippen molar-refractivity contribution in [3.8, 4) is 11.5 Å². The molecule has 2 rings (SSSR count). The van der Waals surface area contributed by atoms with E-state index in [2.05, 4.69) is 0 Å². The predicted molar refractivity (Wildman–Crippen MR) is 67.6 cm³/mol. The molecule has 6 heteroatoms. The van der Waals surface area contributed by atoms with Crippen molar-refractivity contribution in [3.05, 3.63) is 59.7 Å². The monoisotopic (exact) mass is 282 g/mol. The van der Waals surface area contributed by atoms with Gasteiger partial charge in [-0.1, -0.05) is 24.3 Å². The van der Waals surface area contributed by atoms with Crippen LogP contribution in [-0.2, 0) is 0 Å². The molecule has 0 aliphatic rings. The Labute approximate surface area is 138 Å². The Hall–Kier alpha value is -1.82. The van der Waals surface area contributed by atoms with E-state index in [1.165, 1.54) is 30.3 Å². The van der Waals surface area contributed by atoms with Crippen molar-refractivity contribution in [2.45, 2.75) is 0 Å². The molecule has 5 nitrogen and oxygen atoms in total. The summed E-state index contributed by atoms with van der Waals surface area (Å²) in [6.07, 6.45) is 0. The van der Waals surface area contributed by atoms with E-state index in [1.807, 2.05) is 0 Å². The van der Waals surface area contributed by atoms with Crippen LogP contribution in [0.2, 0.25) is 0 Å². The second-order valence-corrected chi connectivity index (χ2v) is 3.71. The Morgan fingerprint density at radius 3 is 2.10 bits per heavy atom. The van der Waals surface area contributed by atoms with Gasteiger partial charge in [-0.2, -0.15) is 0 Å². The second kappa shape index (κ2) is 7.09. The zero-order chi connectivity index (χ0) is 13.8. The SMILES string of the molecule is O=C(Oc1ccccc1C(=O)O)c1ccccc1O.[H-].[Na+]. The number of carboxylic acids is 1. The van der Waals surface area contributed by atoms with Crippen molar-refractivity contribution in [3.63, 3.8) is 0 Å². The molecule has 0 bridgehead atoms. The van der Waals surface area contributed by atoms with Crippen molar-refractivity contribution in [1.29, 1.82) is 0 Å². The molecule has 2 aromatic carbocycles. The van der Waals surface area contributed by atoms with Gasteiger partial charge in [0.15, 0.2) is 0 Å². The number of aromatic carboxylic acids is 1. The van der Waals surface area contributed by atoms with Gasteiger partial charge in [-0.05, 0) is 24.3 Å².